The molecule has 698 valence electrons. The summed E-state index contributed by atoms with van der Waals surface area (Å²) in [6, 6.07) is 112. The number of nitrogens with zero attached hydrogens (tertiary/aromatic N) is 6. The van der Waals surface area contributed by atoms with Crippen LogP contribution >= 0.6 is 0 Å². The molecular weight excluding hydrogens is 1700 g/mol. The predicted molar refractivity (Wildman–Crippen MR) is 601 cm³/mol. The summed E-state index contributed by atoms with van der Waals surface area (Å²) in [5.41, 5.74) is 51.2. The number of anilines is 12. The van der Waals surface area contributed by atoms with E-state index in [9.17, 15) is 0 Å². The van der Waals surface area contributed by atoms with E-state index in [1.165, 1.54) is 179 Å². The average molecular weight is 1830 g/mol. The molecule has 10 heteroatoms. The largest absolute Gasteiger partial charge is 0.454 e. The highest BCUT2D eigenvalue weighted by Crippen LogP contribution is 2.56. The third-order valence-electron chi connectivity index (χ3n) is 31.8. The SMILES string of the molecule is Cc1cc2c3c(c1)-n1c4c(cc(C(C)(C)C)cc4c4oc5ccccc5c41)B3c1ccc(N(c3ccc(C(C)(C)C)cc3)c3ccc(C(C)(C)C)cc3)cc1N2c1cc2c(cc1C)C(C)(C)CCC2(C)C.Cc1ccc(N2c3cc(N(c4ccc(C(C)(C)C)cc4)c4ccc(C(C)(C)C)cc4)ccc3B3c4c2cc(C)cc4-n2c4c3cc(C(C)(C)C)cc4c3oc4ccccc4c32)c(-c2ccccc2)c1. The fourth-order valence-electron chi connectivity index (χ4n) is 23.8. The van der Waals surface area contributed by atoms with Gasteiger partial charge in [0.2, 0.25) is 0 Å². The number of furan rings is 2. The van der Waals surface area contributed by atoms with Crippen LogP contribution in [0.1, 0.15) is 232 Å². The Balaban J connectivity index is 0.000000156. The molecule has 4 aliphatic heterocycles. The molecule has 0 radical (unpaired) electrons. The predicted octanol–water partition coefficient (Wildman–Crippen LogP) is 32.3. The Bertz CT molecular complexity index is 8220. The van der Waals surface area contributed by atoms with E-state index in [2.05, 4.69) is 500 Å². The van der Waals surface area contributed by atoms with Gasteiger partial charge in [0.25, 0.3) is 13.4 Å². The molecule has 0 N–H and O–H groups in total. The minimum atomic E-state index is -0.104. The lowest BCUT2D eigenvalue weighted by Crippen LogP contribution is -2.60. The van der Waals surface area contributed by atoms with Crippen LogP contribution in [-0.2, 0) is 43.3 Å². The summed E-state index contributed by atoms with van der Waals surface area (Å²) in [7, 11) is 0. The first-order valence-electron chi connectivity index (χ1n) is 50.9. The molecule has 0 atom stereocenters. The van der Waals surface area contributed by atoms with Gasteiger partial charge in [0, 0.05) is 101 Å². The van der Waals surface area contributed by atoms with Gasteiger partial charge in [-0.2, -0.15) is 0 Å². The highest BCUT2D eigenvalue weighted by molar-refractivity contribution is 7.01. The summed E-state index contributed by atoms with van der Waals surface area (Å²) in [4.78, 5) is 10.2. The summed E-state index contributed by atoms with van der Waals surface area (Å²) >= 11 is 0. The Hall–Kier alpha value is -13.7. The molecule has 5 aliphatic rings. The van der Waals surface area contributed by atoms with Crippen LogP contribution in [0.15, 0.2) is 300 Å². The number of hydrogen-bond donors (Lipinski definition) is 0. The lowest BCUT2D eigenvalue weighted by Gasteiger charge is -2.45. The van der Waals surface area contributed by atoms with E-state index in [0.29, 0.717) is 0 Å². The first-order valence-corrected chi connectivity index (χ1v) is 50.9. The average Bonchev–Trinajstić information content (AvgIpc) is 1.49. The molecule has 0 fully saturated rings. The number of aryl methyl sites for hydroxylation is 4. The second-order valence-corrected chi connectivity index (χ2v) is 48.8. The molecule has 0 unspecified atom stereocenters. The monoisotopic (exact) mass is 1830 g/mol. The van der Waals surface area contributed by atoms with Crippen LogP contribution in [0.3, 0.4) is 0 Å². The van der Waals surface area contributed by atoms with Gasteiger partial charge in [-0.25, -0.2) is 0 Å². The molecule has 8 heterocycles. The molecule has 0 spiro atoms. The first kappa shape index (κ1) is 90.2. The Morgan fingerprint density at radius 1 is 0.271 bits per heavy atom. The van der Waals surface area contributed by atoms with Crippen molar-refractivity contribution >= 4 is 180 Å². The van der Waals surface area contributed by atoms with Gasteiger partial charge in [-0.3, -0.25) is 0 Å². The third kappa shape index (κ3) is 14.4. The summed E-state index contributed by atoms with van der Waals surface area (Å²) in [6.07, 6.45) is 2.33. The van der Waals surface area contributed by atoms with E-state index in [-0.39, 0.29) is 56.7 Å². The Labute approximate surface area is 828 Å². The number of aromatic nitrogens is 2. The quantitative estimate of drug-likeness (QED) is 0.134. The Kier molecular flexibility index (Phi) is 20.2. The molecule has 15 aromatic carbocycles. The standard InChI is InChI=1S/C66H70BN3O.C64H60BN3O/c1-39-32-55-58-56(33-39)70-59-48(61-60(70)47-18-16-17-19-57(47)71-61)35-43(64(9,10)11)36-52(59)67(58)51-29-28-46(37-54(51)69(55)53-38-50-49(34-40(53)2)65(12,13)30-31-66(50,14)15)68(44-24-20-41(21-25-44)62(3,4)5)45-26-22-42(23-27-45)63(6,7)8;1-39-21-32-53(49(33-39)41-17-13-12-14-18-41)67-54-38-47(66(45-26-22-42(23-27-45)62(3,4)5)46-28-24-43(25-29-46)63(6,7)8)30-31-51(54)65-52-37-44(64(9,10)11)36-50-59(52)68(56-35-40(2)34-55(67)58(56)65)60-48-19-15-16-20-57(48)69-61(50)60/h16-29,32-38H,30-31H2,1-15H3;12-38H,1-11H3. The second kappa shape index (κ2) is 31.4. The highest BCUT2D eigenvalue weighted by atomic mass is 16.3. The zero-order valence-electron chi connectivity index (χ0n) is 86.8. The summed E-state index contributed by atoms with van der Waals surface area (Å²) in [5, 5.41) is 4.64. The van der Waals surface area contributed by atoms with E-state index in [1.807, 2.05) is 0 Å². The first-order chi connectivity index (χ1) is 66.3. The molecule has 0 saturated heterocycles. The van der Waals surface area contributed by atoms with Crippen molar-refractivity contribution < 1.29 is 8.83 Å². The Morgan fingerprint density at radius 2 is 0.621 bits per heavy atom. The summed E-state index contributed by atoms with van der Waals surface area (Å²) in [5.74, 6) is 0. The maximum Gasteiger partial charge on any atom is 0.252 e. The van der Waals surface area contributed by atoms with E-state index in [4.69, 9.17) is 8.83 Å². The smallest absolute Gasteiger partial charge is 0.252 e. The molecule has 0 amide bonds. The maximum atomic E-state index is 6.96. The van der Waals surface area contributed by atoms with Gasteiger partial charge in [-0.05, 0) is 335 Å². The van der Waals surface area contributed by atoms with Crippen LogP contribution in [-0.4, -0.2) is 22.6 Å². The van der Waals surface area contributed by atoms with Crippen LogP contribution in [0.2, 0.25) is 0 Å². The number of benzene rings is 15. The van der Waals surface area contributed by atoms with Gasteiger partial charge in [0.05, 0.1) is 16.7 Å². The molecule has 8 nitrogen and oxygen atoms in total. The zero-order chi connectivity index (χ0) is 97.9. The van der Waals surface area contributed by atoms with Crippen LogP contribution in [0.5, 0.6) is 0 Å². The van der Waals surface area contributed by atoms with Gasteiger partial charge >= 0.3 is 0 Å². The fourth-order valence-corrected chi connectivity index (χ4v) is 23.8. The normalized spacial score (nSPS) is 14.6. The van der Waals surface area contributed by atoms with Gasteiger partial charge in [0.1, 0.15) is 22.2 Å². The number of fused-ring (bicyclic) bond motifs is 19. The minimum absolute atomic E-state index is 0.0256. The van der Waals surface area contributed by atoms with Crippen molar-refractivity contribution in [1.29, 1.82) is 0 Å². The third-order valence-corrected chi connectivity index (χ3v) is 31.8. The summed E-state index contributed by atoms with van der Waals surface area (Å²) in [6.45, 7) is 60.4. The molecule has 4 aromatic heterocycles. The van der Waals surface area contributed by atoms with Crippen molar-refractivity contribution in [3.8, 4) is 22.5 Å². The van der Waals surface area contributed by atoms with Crippen LogP contribution in [0.4, 0.5) is 68.2 Å². The van der Waals surface area contributed by atoms with Crippen molar-refractivity contribution in [1.82, 2.24) is 9.13 Å². The second-order valence-electron chi connectivity index (χ2n) is 48.8. The van der Waals surface area contributed by atoms with Crippen molar-refractivity contribution in [3.05, 3.63) is 358 Å². The van der Waals surface area contributed by atoms with Gasteiger partial charge < -0.3 is 37.6 Å². The zero-order valence-corrected chi connectivity index (χ0v) is 86.8. The van der Waals surface area contributed by atoms with Crippen molar-refractivity contribution in [3.63, 3.8) is 0 Å². The lowest BCUT2D eigenvalue weighted by atomic mass is 9.33. The molecule has 1 aliphatic carbocycles. The van der Waals surface area contributed by atoms with Crippen LogP contribution in [0.25, 0.3) is 88.4 Å². The van der Waals surface area contributed by atoms with Gasteiger partial charge in [-0.1, -0.05) is 297 Å². The van der Waals surface area contributed by atoms with Crippen LogP contribution < -0.4 is 52.4 Å². The van der Waals surface area contributed by atoms with Crippen molar-refractivity contribution in [2.45, 2.75) is 236 Å². The lowest BCUT2D eigenvalue weighted by molar-refractivity contribution is 0.332. The topological polar surface area (TPSA) is 49.1 Å². The minimum Gasteiger partial charge on any atom is -0.454 e. The fraction of sp³-hybridized carbons (Fsp3) is 0.277. The van der Waals surface area contributed by atoms with E-state index in [1.54, 1.807) is 0 Å². The maximum absolute atomic E-state index is 6.96. The molecule has 0 bridgehead atoms. The number of para-hydroxylation sites is 2. The van der Waals surface area contributed by atoms with E-state index in [0.717, 1.165) is 90.4 Å². The number of hydrogen-bond acceptors (Lipinski definition) is 6. The van der Waals surface area contributed by atoms with Gasteiger partial charge in [0.15, 0.2) is 11.2 Å². The van der Waals surface area contributed by atoms with Crippen molar-refractivity contribution in [2.75, 3.05) is 19.6 Å². The van der Waals surface area contributed by atoms with Crippen molar-refractivity contribution in [2.24, 2.45) is 0 Å². The molecule has 0 saturated carbocycles. The molecular formula is C130H130B2N6O2. The molecule has 19 aromatic rings. The van der Waals surface area contributed by atoms with E-state index >= 15 is 0 Å². The molecule has 140 heavy (non-hydrogen) atoms. The highest BCUT2D eigenvalue weighted by Gasteiger charge is 2.49. The number of rotatable bonds is 9. The molecule has 24 rings (SSSR count). The van der Waals surface area contributed by atoms with Gasteiger partial charge in [-0.15, -0.1) is 0 Å². The van der Waals surface area contributed by atoms with E-state index < -0.39 is 0 Å². The Morgan fingerprint density at radius 3 is 1.01 bits per heavy atom. The van der Waals surface area contributed by atoms with Crippen LogP contribution in [0, 0.1) is 27.7 Å². The summed E-state index contributed by atoms with van der Waals surface area (Å²) < 4.78 is 19.0.